The minimum atomic E-state index is -0.194. The molecule has 0 spiro atoms. The second kappa shape index (κ2) is 5.89. The van der Waals surface area contributed by atoms with E-state index in [0.717, 1.165) is 23.7 Å². The van der Waals surface area contributed by atoms with Gasteiger partial charge in [-0.2, -0.15) is 0 Å². The van der Waals surface area contributed by atoms with E-state index in [1.807, 2.05) is 0 Å². The number of aliphatic hydroxyl groups excluding tert-OH is 1. The van der Waals surface area contributed by atoms with Gasteiger partial charge in [-0.25, -0.2) is 0 Å². The summed E-state index contributed by atoms with van der Waals surface area (Å²) in [6, 6.07) is 2.09. The molecule has 0 bridgehead atoms. The lowest BCUT2D eigenvalue weighted by atomic mass is 9.97. The van der Waals surface area contributed by atoms with Crippen LogP contribution < -0.4 is 0 Å². The lowest BCUT2D eigenvalue weighted by molar-refractivity contribution is 0.112. The van der Waals surface area contributed by atoms with Gasteiger partial charge >= 0.3 is 0 Å². The molecular formula is C11H17BrOS. The van der Waals surface area contributed by atoms with Crippen molar-refractivity contribution in [1.29, 1.82) is 0 Å². The van der Waals surface area contributed by atoms with Crippen molar-refractivity contribution in [1.82, 2.24) is 0 Å². The number of halogens is 1. The van der Waals surface area contributed by atoms with Crippen LogP contribution in [-0.2, 0) is 6.42 Å². The van der Waals surface area contributed by atoms with E-state index >= 15 is 0 Å². The maximum atomic E-state index is 9.90. The van der Waals surface area contributed by atoms with E-state index in [0.29, 0.717) is 5.92 Å². The molecule has 0 radical (unpaired) electrons. The van der Waals surface area contributed by atoms with Gasteiger partial charge in [0.1, 0.15) is 0 Å². The molecule has 3 heteroatoms. The van der Waals surface area contributed by atoms with Crippen molar-refractivity contribution in [3.05, 3.63) is 20.8 Å². The Bertz CT molecular complexity index is 272. The van der Waals surface area contributed by atoms with Crippen molar-refractivity contribution in [2.45, 2.75) is 39.2 Å². The molecule has 1 nitrogen and oxygen atoms in total. The SMILES string of the molecule is CCCC(C)C(O)Cc1cc(Br)cs1. The van der Waals surface area contributed by atoms with Gasteiger partial charge in [-0.3, -0.25) is 0 Å². The standard InChI is InChI=1S/C11H17BrOS/c1-3-4-8(2)11(13)6-10-5-9(12)7-14-10/h5,7-8,11,13H,3-4,6H2,1-2H3. The van der Waals surface area contributed by atoms with Gasteiger partial charge in [-0.15, -0.1) is 11.3 Å². The quantitative estimate of drug-likeness (QED) is 0.866. The van der Waals surface area contributed by atoms with E-state index < -0.39 is 0 Å². The Morgan fingerprint density at radius 3 is 2.79 bits per heavy atom. The molecule has 1 rings (SSSR count). The molecule has 0 saturated heterocycles. The molecule has 0 fully saturated rings. The summed E-state index contributed by atoms with van der Waals surface area (Å²) in [5, 5.41) is 12.0. The van der Waals surface area contributed by atoms with Crippen LogP contribution in [0.2, 0.25) is 0 Å². The molecule has 0 amide bonds. The van der Waals surface area contributed by atoms with Crippen molar-refractivity contribution < 1.29 is 5.11 Å². The number of hydrogen-bond donors (Lipinski definition) is 1. The molecule has 1 aromatic heterocycles. The van der Waals surface area contributed by atoms with Crippen LogP contribution in [0.3, 0.4) is 0 Å². The molecule has 0 aliphatic carbocycles. The normalized spacial score (nSPS) is 15.4. The van der Waals surface area contributed by atoms with Crippen molar-refractivity contribution in [3.63, 3.8) is 0 Å². The van der Waals surface area contributed by atoms with Crippen LogP contribution in [0.5, 0.6) is 0 Å². The summed E-state index contributed by atoms with van der Waals surface area (Å²) < 4.78 is 1.12. The zero-order chi connectivity index (χ0) is 10.6. The maximum absolute atomic E-state index is 9.90. The molecule has 0 aliphatic heterocycles. The summed E-state index contributed by atoms with van der Waals surface area (Å²) in [6.07, 6.45) is 2.85. The molecule has 0 saturated carbocycles. The summed E-state index contributed by atoms with van der Waals surface area (Å²) in [5.41, 5.74) is 0. The smallest absolute Gasteiger partial charge is 0.0613 e. The monoisotopic (exact) mass is 276 g/mol. The van der Waals surface area contributed by atoms with Gasteiger partial charge in [0, 0.05) is 21.2 Å². The topological polar surface area (TPSA) is 20.2 Å². The molecule has 0 aromatic carbocycles. The maximum Gasteiger partial charge on any atom is 0.0613 e. The molecule has 0 aliphatic rings. The van der Waals surface area contributed by atoms with Crippen LogP contribution in [0, 0.1) is 5.92 Å². The van der Waals surface area contributed by atoms with Gasteiger partial charge in [0.2, 0.25) is 0 Å². The fourth-order valence-electron chi connectivity index (χ4n) is 1.52. The second-order valence-electron chi connectivity index (χ2n) is 3.77. The summed E-state index contributed by atoms with van der Waals surface area (Å²) in [5.74, 6) is 0.404. The second-order valence-corrected chi connectivity index (χ2v) is 5.68. The van der Waals surface area contributed by atoms with Gasteiger partial charge in [0.25, 0.3) is 0 Å². The Kier molecular flexibility index (Phi) is 5.13. The van der Waals surface area contributed by atoms with E-state index in [-0.39, 0.29) is 6.10 Å². The van der Waals surface area contributed by atoms with Crippen LogP contribution in [0.15, 0.2) is 15.9 Å². The highest BCUT2D eigenvalue weighted by molar-refractivity contribution is 9.10. The first kappa shape index (κ1) is 12.2. The highest BCUT2D eigenvalue weighted by Crippen LogP contribution is 2.23. The lowest BCUT2D eigenvalue weighted by Gasteiger charge is -2.17. The van der Waals surface area contributed by atoms with Crippen LogP contribution >= 0.6 is 27.3 Å². The zero-order valence-corrected chi connectivity index (χ0v) is 11.1. The Balaban J connectivity index is 2.43. The van der Waals surface area contributed by atoms with E-state index in [4.69, 9.17) is 0 Å². The van der Waals surface area contributed by atoms with E-state index in [2.05, 4.69) is 41.2 Å². The predicted molar refractivity (Wildman–Crippen MR) is 65.8 cm³/mol. The molecule has 1 aromatic rings. The first-order valence-electron chi connectivity index (χ1n) is 5.04. The van der Waals surface area contributed by atoms with Crippen LogP contribution in [-0.4, -0.2) is 11.2 Å². The summed E-state index contributed by atoms with van der Waals surface area (Å²) >= 11 is 5.13. The van der Waals surface area contributed by atoms with E-state index in [1.54, 1.807) is 11.3 Å². The van der Waals surface area contributed by atoms with Crippen LogP contribution in [0.1, 0.15) is 31.6 Å². The fourth-order valence-corrected chi connectivity index (χ4v) is 3.02. The fraction of sp³-hybridized carbons (Fsp3) is 0.636. The van der Waals surface area contributed by atoms with Gasteiger partial charge in [0.15, 0.2) is 0 Å². The molecule has 1 heterocycles. The minimum Gasteiger partial charge on any atom is -0.392 e. The predicted octanol–water partition coefficient (Wildman–Crippen LogP) is 3.85. The van der Waals surface area contributed by atoms with Crippen molar-refractivity contribution in [2.75, 3.05) is 0 Å². The Labute approximate surface area is 98.3 Å². The largest absolute Gasteiger partial charge is 0.392 e. The molecule has 2 atom stereocenters. The highest BCUT2D eigenvalue weighted by atomic mass is 79.9. The first-order chi connectivity index (χ1) is 6.63. The highest BCUT2D eigenvalue weighted by Gasteiger charge is 2.14. The molecule has 14 heavy (non-hydrogen) atoms. The molecule has 80 valence electrons. The number of rotatable bonds is 5. The Morgan fingerprint density at radius 1 is 1.57 bits per heavy atom. The third kappa shape index (κ3) is 3.71. The summed E-state index contributed by atoms with van der Waals surface area (Å²) in [6.45, 7) is 4.28. The molecular weight excluding hydrogens is 260 g/mol. The first-order valence-corrected chi connectivity index (χ1v) is 6.71. The van der Waals surface area contributed by atoms with Gasteiger partial charge in [-0.1, -0.05) is 20.3 Å². The van der Waals surface area contributed by atoms with E-state index in [9.17, 15) is 5.11 Å². The van der Waals surface area contributed by atoms with Crippen molar-refractivity contribution >= 4 is 27.3 Å². The van der Waals surface area contributed by atoms with Crippen LogP contribution in [0.4, 0.5) is 0 Å². The zero-order valence-electron chi connectivity index (χ0n) is 8.66. The third-order valence-corrected chi connectivity index (χ3v) is 4.15. The lowest BCUT2D eigenvalue weighted by Crippen LogP contribution is -2.19. The minimum absolute atomic E-state index is 0.194. The summed E-state index contributed by atoms with van der Waals surface area (Å²) in [7, 11) is 0. The number of thiophene rings is 1. The van der Waals surface area contributed by atoms with Crippen molar-refractivity contribution in [3.8, 4) is 0 Å². The van der Waals surface area contributed by atoms with Crippen molar-refractivity contribution in [2.24, 2.45) is 5.92 Å². The molecule has 1 N–H and O–H groups in total. The Morgan fingerprint density at radius 2 is 2.29 bits per heavy atom. The Hall–Kier alpha value is 0.140. The number of hydrogen-bond acceptors (Lipinski definition) is 2. The van der Waals surface area contributed by atoms with Gasteiger partial charge < -0.3 is 5.11 Å². The average Bonchev–Trinajstić information content (AvgIpc) is 2.51. The van der Waals surface area contributed by atoms with E-state index in [1.165, 1.54) is 4.88 Å². The average molecular weight is 277 g/mol. The number of aliphatic hydroxyl groups is 1. The molecule has 2 unspecified atom stereocenters. The van der Waals surface area contributed by atoms with Crippen LogP contribution in [0.25, 0.3) is 0 Å². The van der Waals surface area contributed by atoms with Gasteiger partial charge in [-0.05, 0) is 34.3 Å². The third-order valence-electron chi connectivity index (χ3n) is 2.43. The van der Waals surface area contributed by atoms with Gasteiger partial charge in [0.05, 0.1) is 6.10 Å². The summed E-state index contributed by atoms with van der Waals surface area (Å²) in [4.78, 5) is 1.26.